The number of thioether (sulfide) groups is 1. The molecule has 0 aliphatic heterocycles. The van der Waals surface area contributed by atoms with Gasteiger partial charge in [0.1, 0.15) is 17.5 Å². The molecule has 1 heterocycles. The van der Waals surface area contributed by atoms with E-state index in [4.69, 9.17) is 0 Å². The summed E-state index contributed by atoms with van der Waals surface area (Å²) in [4.78, 5) is 7.62. The fourth-order valence-electron chi connectivity index (χ4n) is 3.44. The standard InChI is InChI=1S/C25H28F2N2OS/c1-4-29(12-5-13-30)24-15-21(18(3)16-28-24)25(22-14-19(26)8-11-23(22)27)31-20-9-6-17(2)7-10-20/h6-11,14-16,25,30H,4-5,12-13H2,1-3H3. The molecule has 0 amide bonds. The lowest BCUT2D eigenvalue weighted by atomic mass is 10.0. The molecule has 31 heavy (non-hydrogen) atoms. The second kappa shape index (κ2) is 10.7. The number of hydrogen-bond donors (Lipinski definition) is 1. The Morgan fingerprint density at radius 2 is 1.77 bits per heavy atom. The van der Waals surface area contributed by atoms with Crippen molar-refractivity contribution in [2.45, 2.75) is 37.3 Å². The van der Waals surface area contributed by atoms with E-state index < -0.39 is 16.9 Å². The maximum atomic E-state index is 14.9. The van der Waals surface area contributed by atoms with Crippen molar-refractivity contribution in [1.29, 1.82) is 0 Å². The molecule has 0 bridgehead atoms. The van der Waals surface area contributed by atoms with Gasteiger partial charge >= 0.3 is 0 Å². The number of halogens is 2. The average molecular weight is 443 g/mol. The molecule has 0 radical (unpaired) electrons. The minimum Gasteiger partial charge on any atom is -0.396 e. The van der Waals surface area contributed by atoms with Crippen LogP contribution in [0.3, 0.4) is 0 Å². The fraction of sp³-hybridized carbons (Fsp3) is 0.320. The van der Waals surface area contributed by atoms with E-state index in [0.29, 0.717) is 18.5 Å². The molecular formula is C25H28F2N2OS. The van der Waals surface area contributed by atoms with E-state index in [2.05, 4.69) is 9.88 Å². The van der Waals surface area contributed by atoms with Gasteiger partial charge < -0.3 is 10.0 Å². The zero-order valence-electron chi connectivity index (χ0n) is 18.1. The normalized spacial score (nSPS) is 12.1. The molecule has 0 aliphatic carbocycles. The molecule has 164 valence electrons. The van der Waals surface area contributed by atoms with Gasteiger partial charge in [-0.2, -0.15) is 0 Å². The second-order valence-electron chi connectivity index (χ2n) is 7.53. The Kier molecular flexibility index (Phi) is 8.04. The molecule has 3 rings (SSSR count). The minimum absolute atomic E-state index is 0.107. The molecular weight excluding hydrogens is 414 g/mol. The van der Waals surface area contributed by atoms with Gasteiger partial charge in [-0.15, -0.1) is 11.8 Å². The number of benzene rings is 2. The van der Waals surface area contributed by atoms with Crippen LogP contribution in [0.1, 0.15) is 40.8 Å². The van der Waals surface area contributed by atoms with E-state index in [9.17, 15) is 13.9 Å². The van der Waals surface area contributed by atoms with Crippen LogP contribution in [0.4, 0.5) is 14.6 Å². The Morgan fingerprint density at radius 3 is 2.45 bits per heavy atom. The highest BCUT2D eigenvalue weighted by atomic mass is 32.2. The van der Waals surface area contributed by atoms with E-state index in [-0.39, 0.29) is 6.61 Å². The van der Waals surface area contributed by atoms with Crippen molar-refractivity contribution in [3.8, 4) is 0 Å². The SMILES string of the molecule is CCN(CCCO)c1cc(C(Sc2ccc(C)cc2)c2cc(F)ccc2F)c(C)cn1. The Bertz CT molecular complexity index is 1010. The zero-order chi connectivity index (χ0) is 22.4. The monoisotopic (exact) mass is 442 g/mol. The van der Waals surface area contributed by atoms with E-state index in [1.807, 2.05) is 51.1 Å². The lowest BCUT2D eigenvalue weighted by Crippen LogP contribution is -2.26. The summed E-state index contributed by atoms with van der Waals surface area (Å²) in [6.07, 6.45) is 2.42. The quantitative estimate of drug-likeness (QED) is 0.408. The van der Waals surface area contributed by atoms with Gasteiger partial charge in [-0.3, -0.25) is 0 Å². The molecule has 0 fully saturated rings. The van der Waals surface area contributed by atoms with Crippen molar-refractivity contribution in [3.63, 3.8) is 0 Å². The van der Waals surface area contributed by atoms with E-state index >= 15 is 0 Å². The van der Waals surface area contributed by atoms with Gasteiger partial charge in [0.2, 0.25) is 0 Å². The Morgan fingerprint density at radius 1 is 1.03 bits per heavy atom. The Balaban J connectivity index is 2.09. The van der Waals surface area contributed by atoms with Crippen LogP contribution in [0.2, 0.25) is 0 Å². The van der Waals surface area contributed by atoms with E-state index in [1.54, 1.807) is 6.20 Å². The van der Waals surface area contributed by atoms with Crippen LogP contribution in [-0.4, -0.2) is 29.8 Å². The number of aliphatic hydroxyl groups is 1. The molecule has 3 aromatic rings. The topological polar surface area (TPSA) is 36.4 Å². The third-order valence-corrected chi connectivity index (χ3v) is 6.51. The number of nitrogens with zero attached hydrogens (tertiary/aromatic N) is 2. The van der Waals surface area contributed by atoms with Gasteiger partial charge in [-0.1, -0.05) is 17.7 Å². The predicted octanol–water partition coefficient (Wildman–Crippen LogP) is 6.07. The lowest BCUT2D eigenvalue weighted by molar-refractivity contribution is 0.289. The minimum atomic E-state index is -0.462. The molecule has 0 aliphatic rings. The highest BCUT2D eigenvalue weighted by Gasteiger charge is 2.23. The molecule has 0 saturated heterocycles. The maximum absolute atomic E-state index is 14.9. The Hall–Kier alpha value is -2.44. The molecule has 1 N–H and O–H groups in total. The van der Waals surface area contributed by atoms with Crippen LogP contribution in [-0.2, 0) is 0 Å². The summed E-state index contributed by atoms with van der Waals surface area (Å²) < 4.78 is 29.0. The molecule has 2 aromatic carbocycles. The highest BCUT2D eigenvalue weighted by molar-refractivity contribution is 7.99. The molecule has 6 heteroatoms. The first-order valence-corrected chi connectivity index (χ1v) is 11.3. The summed E-state index contributed by atoms with van der Waals surface area (Å²) in [7, 11) is 0. The van der Waals surface area contributed by atoms with Crippen molar-refractivity contribution in [1.82, 2.24) is 4.98 Å². The molecule has 3 nitrogen and oxygen atoms in total. The van der Waals surface area contributed by atoms with Crippen molar-refractivity contribution < 1.29 is 13.9 Å². The highest BCUT2D eigenvalue weighted by Crippen LogP contribution is 2.43. The first-order valence-electron chi connectivity index (χ1n) is 10.4. The average Bonchev–Trinajstić information content (AvgIpc) is 2.77. The van der Waals surface area contributed by atoms with E-state index in [0.717, 1.165) is 40.0 Å². The van der Waals surface area contributed by atoms with Crippen LogP contribution in [0.5, 0.6) is 0 Å². The van der Waals surface area contributed by atoms with Crippen molar-refractivity contribution >= 4 is 17.6 Å². The maximum Gasteiger partial charge on any atom is 0.128 e. The number of hydrogen-bond acceptors (Lipinski definition) is 4. The summed E-state index contributed by atoms with van der Waals surface area (Å²) in [5, 5.41) is 8.77. The largest absolute Gasteiger partial charge is 0.396 e. The predicted molar refractivity (Wildman–Crippen MR) is 124 cm³/mol. The molecule has 1 unspecified atom stereocenters. The van der Waals surface area contributed by atoms with Gasteiger partial charge in [0.15, 0.2) is 0 Å². The summed E-state index contributed by atoms with van der Waals surface area (Å²) >= 11 is 1.49. The van der Waals surface area contributed by atoms with Crippen LogP contribution < -0.4 is 4.90 Å². The Labute approximate surface area is 187 Å². The molecule has 0 saturated carbocycles. The first kappa shape index (κ1) is 23.2. The smallest absolute Gasteiger partial charge is 0.128 e. The number of aromatic nitrogens is 1. The third-order valence-electron chi connectivity index (χ3n) is 5.22. The van der Waals surface area contributed by atoms with Gasteiger partial charge in [0, 0.05) is 36.4 Å². The third kappa shape index (κ3) is 5.83. The van der Waals surface area contributed by atoms with Crippen LogP contribution in [0, 0.1) is 25.5 Å². The van der Waals surface area contributed by atoms with Crippen molar-refractivity contribution in [3.05, 3.63) is 88.6 Å². The van der Waals surface area contributed by atoms with Crippen LogP contribution in [0.25, 0.3) is 0 Å². The molecule has 0 spiro atoms. The summed E-state index contributed by atoms with van der Waals surface area (Å²) in [5.41, 5.74) is 3.25. The van der Waals surface area contributed by atoms with Gasteiger partial charge in [0.05, 0.1) is 5.25 Å². The summed E-state index contributed by atoms with van der Waals surface area (Å²) in [6.45, 7) is 7.50. The number of rotatable bonds is 9. The van der Waals surface area contributed by atoms with Crippen molar-refractivity contribution in [2.24, 2.45) is 0 Å². The summed E-state index contributed by atoms with van der Waals surface area (Å²) in [5.74, 6) is -0.129. The number of anilines is 1. The van der Waals surface area contributed by atoms with Crippen LogP contribution in [0.15, 0.2) is 59.6 Å². The number of pyridine rings is 1. The fourth-order valence-corrected chi connectivity index (χ4v) is 4.70. The number of aliphatic hydroxyl groups excluding tert-OH is 1. The van der Waals surface area contributed by atoms with E-state index in [1.165, 1.54) is 23.9 Å². The lowest BCUT2D eigenvalue weighted by Gasteiger charge is -2.25. The molecule has 1 aromatic heterocycles. The summed E-state index contributed by atoms with van der Waals surface area (Å²) in [6, 6.07) is 13.6. The number of aryl methyl sites for hydroxylation is 2. The van der Waals surface area contributed by atoms with Gasteiger partial charge in [-0.25, -0.2) is 13.8 Å². The second-order valence-corrected chi connectivity index (χ2v) is 8.71. The molecule has 1 atom stereocenters. The van der Waals surface area contributed by atoms with Gasteiger partial charge in [0.25, 0.3) is 0 Å². The van der Waals surface area contributed by atoms with Crippen LogP contribution >= 0.6 is 11.8 Å². The van der Waals surface area contributed by atoms with Gasteiger partial charge in [-0.05, 0) is 74.7 Å². The zero-order valence-corrected chi connectivity index (χ0v) is 18.9. The van der Waals surface area contributed by atoms with Crippen molar-refractivity contribution in [2.75, 3.05) is 24.6 Å². The first-order chi connectivity index (χ1) is 14.9.